The van der Waals surface area contributed by atoms with Crippen LogP contribution in [-0.2, 0) is 6.42 Å². The number of nitrogens with two attached hydrogens (primary N) is 1. The van der Waals surface area contributed by atoms with E-state index in [1.54, 1.807) is 0 Å². The monoisotopic (exact) mass is 273 g/mol. The van der Waals surface area contributed by atoms with E-state index in [1.807, 2.05) is 18.2 Å². The van der Waals surface area contributed by atoms with Crippen LogP contribution in [0.25, 0.3) is 0 Å². The highest BCUT2D eigenvalue weighted by Gasteiger charge is 2.27. The Morgan fingerprint density at radius 3 is 2.60 bits per heavy atom. The van der Waals surface area contributed by atoms with E-state index in [2.05, 4.69) is 11.5 Å². The second kappa shape index (κ2) is 6.27. The van der Waals surface area contributed by atoms with E-state index in [9.17, 15) is 0 Å². The summed E-state index contributed by atoms with van der Waals surface area (Å²) in [6.45, 7) is 0. The second-order valence-corrected chi connectivity index (χ2v) is 5.72. The Balaban J connectivity index is 1.71. The molecule has 1 unspecified atom stereocenters. The van der Waals surface area contributed by atoms with Gasteiger partial charge in [-0.25, -0.2) is 5.84 Å². The number of fused-ring (bicyclic) bond motifs is 1. The minimum atomic E-state index is -0.0550. The van der Waals surface area contributed by atoms with Gasteiger partial charge in [0.05, 0.1) is 6.04 Å². The predicted octanol–water partition coefficient (Wildman–Crippen LogP) is 2.57. The number of rotatable bonds is 2. The van der Waals surface area contributed by atoms with E-state index in [0.717, 1.165) is 18.0 Å². The minimum absolute atomic E-state index is 0.0550. The fourth-order valence-corrected chi connectivity index (χ4v) is 3.13. The number of hydrogen-bond acceptors (Lipinski definition) is 3. The maximum Gasteiger partial charge on any atom is 0.161 e. The molecule has 0 spiro atoms. The molecule has 20 heavy (non-hydrogen) atoms. The van der Waals surface area contributed by atoms with Crippen LogP contribution < -0.4 is 16.0 Å². The maximum atomic E-state index is 5.96. The van der Waals surface area contributed by atoms with E-state index < -0.39 is 0 Å². The molecule has 0 bridgehead atoms. The average Bonchev–Trinajstić information content (AvgIpc) is 2.74. The average molecular weight is 273 g/mol. The molecule has 4 heteroatoms. The zero-order chi connectivity index (χ0) is 13.8. The molecule has 3 N–H and O–H groups in total. The van der Waals surface area contributed by atoms with Crippen molar-refractivity contribution in [2.45, 2.75) is 57.1 Å². The highest BCUT2D eigenvalue weighted by atomic mass is 16.5. The van der Waals surface area contributed by atoms with E-state index >= 15 is 0 Å². The number of nitrogens with zero attached hydrogens (tertiary/aromatic N) is 1. The lowest BCUT2D eigenvalue weighted by atomic mass is 10.1. The van der Waals surface area contributed by atoms with Crippen LogP contribution in [0.1, 0.15) is 44.1 Å². The summed E-state index contributed by atoms with van der Waals surface area (Å²) >= 11 is 0. The van der Waals surface area contributed by atoms with Gasteiger partial charge in [-0.1, -0.05) is 43.9 Å². The van der Waals surface area contributed by atoms with Gasteiger partial charge in [0.2, 0.25) is 0 Å². The normalized spacial score (nSPS) is 23.9. The second-order valence-electron chi connectivity index (χ2n) is 5.72. The first-order valence-electron chi connectivity index (χ1n) is 7.65. The molecule has 0 amide bonds. The number of ether oxygens (including phenoxy) is 1. The van der Waals surface area contributed by atoms with Crippen molar-refractivity contribution in [3.8, 4) is 5.75 Å². The van der Waals surface area contributed by atoms with Gasteiger partial charge in [0.15, 0.2) is 11.9 Å². The first-order chi connectivity index (χ1) is 9.86. The van der Waals surface area contributed by atoms with Crippen LogP contribution in [0, 0.1) is 0 Å². The molecule has 1 aliphatic heterocycles. The van der Waals surface area contributed by atoms with Gasteiger partial charge in [0, 0.05) is 6.42 Å². The van der Waals surface area contributed by atoms with Gasteiger partial charge in [-0.05, 0) is 24.5 Å². The largest absolute Gasteiger partial charge is 0.482 e. The summed E-state index contributed by atoms with van der Waals surface area (Å²) in [5, 5.41) is 0. The highest BCUT2D eigenvalue weighted by Crippen LogP contribution is 2.29. The molecule has 0 aromatic heterocycles. The molecule has 2 aliphatic rings. The van der Waals surface area contributed by atoms with E-state index in [1.165, 1.54) is 44.1 Å². The minimum Gasteiger partial charge on any atom is -0.482 e. The Morgan fingerprint density at radius 1 is 1.15 bits per heavy atom. The quantitative estimate of drug-likeness (QED) is 0.286. The SMILES string of the molecule is NNC(=NC1CCCCCC1)C1Cc2ccccc2O1. The summed E-state index contributed by atoms with van der Waals surface area (Å²) in [6, 6.07) is 8.56. The van der Waals surface area contributed by atoms with Crippen LogP contribution in [0.4, 0.5) is 0 Å². The van der Waals surface area contributed by atoms with Crippen molar-refractivity contribution in [1.29, 1.82) is 0 Å². The van der Waals surface area contributed by atoms with Crippen molar-refractivity contribution in [3.05, 3.63) is 29.8 Å². The lowest BCUT2D eigenvalue weighted by Gasteiger charge is -2.17. The molecule has 0 radical (unpaired) electrons. The highest BCUT2D eigenvalue weighted by molar-refractivity contribution is 5.87. The van der Waals surface area contributed by atoms with E-state index in [0.29, 0.717) is 6.04 Å². The van der Waals surface area contributed by atoms with Gasteiger partial charge in [0.1, 0.15) is 5.75 Å². The summed E-state index contributed by atoms with van der Waals surface area (Å²) in [6.07, 6.45) is 8.36. The van der Waals surface area contributed by atoms with Crippen molar-refractivity contribution in [1.82, 2.24) is 5.43 Å². The van der Waals surface area contributed by atoms with Crippen molar-refractivity contribution < 1.29 is 4.74 Å². The Morgan fingerprint density at radius 2 is 1.90 bits per heavy atom. The van der Waals surface area contributed by atoms with Crippen LogP contribution in [0.3, 0.4) is 0 Å². The van der Waals surface area contributed by atoms with Gasteiger partial charge in [0.25, 0.3) is 0 Å². The summed E-state index contributed by atoms with van der Waals surface area (Å²) in [4.78, 5) is 4.83. The van der Waals surface area contributed by atoms with Crippen molar-refractivity contribution >= 4 is 5.84 Å². The molecule has 1 fully saturated rings. The van der Waals surface area contributed by atoms with Gasteiger partial charge in [-0.2, -0.15) is 0 Å². The Bertz CT molecular complexity index is 453. The van der Waals surface area contributed by atoms with Crippen molar-refractivity contribution in [3.63, 3.8) is 0 Å². The number of amidine groups is 1. The molecule has 108 valence electrons. The summed E-state index contributed by atoms with van der Waals surface area (Å²) in [7, 11) is 0. The van der Waals surface area contributed by atoms with Crippen LogP contribution in [0.2, 0.25) is 0 Å². The zero-order valence-corrected chi connectivity index (χ0v) is 11.8. The molecule has 1 saturated carbocycles. The van der Waals surface area contributed by atoms with Crippen LogP contribution >= 0.6 is 0 Å². The van der Waals surface area contributed by atoms with Crippen LogP contribution in [0.15, 0.2) is 29.3 Å². The van der Waals surface area contributed by atoms with Crippen molar-refractivity contribution in [2.24, 2.45) is 10.8 Å². The summed E-state index contributed by atoms with van der Waals surface area (Å²) in [5.74, 6) is 7.44. The maximum absolute atomic E-state index is 5.96. The molecule has 1 aromatic rings. The van der Waals surface area contributed by atoms with Gasteiger partial charge < -0.3 is 10.2 Å². The molecular weight excluding hydrogens is 250 g/mol. The van der Waals surface area contributed by atoms with Gasteiger partial charge in [-0.3, -0.25) is 4.99 Å². The number of hydrazine groups is 1. The zero-order valence-electron chi connectivity index (χ0n) is 11.8. The summed E-state index contributed by atoms with van der Waals surface area (Å²) < 4.78 is 5.96. The predicted molar refractivity (Wildman–Crippen MR) is 80.8 cm³/mol. The third kappa shape index (κ3) is 2.96. The van der Waals surface area contributed by atoms with Crippen LogP contribution in [-0.4, -0.2) is 18.0 Å². The Hall–Kier alpha value is -1.55. The van der Waals surface area contributed by atoms with E-state index in [4.69, 9.17) is 15.6 Å². The number of hydrogen-bond donors (Lipinski definition) is 2. The molecule has 1 heterocycles. The fourth-order valence-electron chi connectivity index (χ4n) is 3.13. The lowest BCUT2D eigenvalue weighted by molar-refractivity contribution is 0.295. The summed E-state index contributed by atoms with van der Waals surface area (Å²) in [5.41, 5.74) is 4.01. The topological polar surface area (TPSA) is 59.6 Å². The molecule has 1 aromatic carbocycles. The fraction of sp³-hybridized carbons (Fsp3) is 0.562. The Labute approximate surface area is 120 Å². The third-order valence-electron chi connectivity index (χ3n) is 4.25. The molecule has 1 atom stereocenters. The third-order valence-corrected chi connectivity index (χ3v) is 4.25. The molecule has 0 saturated heterocycles. The molecular formula is C16H23N3O. The molecule has 1 aliphatic carbocycles. The molecule has 3 rings (SSSR count). The standard InChI is InChI=1S/C16H23N3O/c17-19-16(18-13-8-3-1-2-4-9-13)15-11-12-7-5-6-10-14(12)20-15/h5-7,10,13,15H,1-4,8-9,11,17H2,(H,18,19). The number of para-hydroxylation sites is 1. The number of nitrogens with one attached hydrogen (secondary N) is 1. The number of benzene rings is 1. The first kappa shape index (κ1) is 13.4. The smallest absolute Gasteiger partial charge is 0.161 e. The Kier molecular flexibility index (Phi) is 4.21. The molecule has 4 nitrogen and oxygen atoms in total. The number of aliphatic imine (C=N–C) groups is 1. The van der Waals surface area contributed by atoms with E-state index in [-0.39, 0.29) is 6.10 Å². The lowest BCUT2D eigenvalue weighted by Crippen LogP contribution is -2.42. The van der Waals surface area contributed by atoms with Crippen LogP contribution in [0.5, 0.6) is 5.75 Å². The van der Waals surface area contributed by atoms with Gasteiger partial charge >= 0.3 is 0 Å². The first-order valence-corrected chi connectivity index (χ1v) is 7.65. The van der Waals surface area contributed by atoms with Gasteiger partial charge in [-0.15, -0.1) is 0 Å². The van der Waals surface area contributed by atoms with Crippen molar-refractivity contribution in [2.75, 3.05) is 0 Å².